The molecule has 2 heterocycles. The summed E-state index contributed by atoms with van der Waals surface area (Å²) in [5.74, 6) is 8.25. The zero-order chi connectivity index (χ0) is 49.0. The molecule has 8 saturated carbocycles. The van der Waals surface area contributed by atoms with Crippen LogP contribution in [-0.2, 0) is 37.0 Å². The molecule has 0 aromatic heterocycles. The number of rotatable bonds is 10. The summed E-state index contributed by atoms with van der Waals surface area (Å²) in [6, 6.07) is 22.6. The summed E-state index contributed by atoms with van der Waals surface area (Å²) in [5, 5.41) is 23.6. The van der Waals surface area contributed by atoms with Gasteiger partial charge in [0.25, 0.3) is 0 Å². The number of aromatic hydroxyl groups is 2. The second kappa shape index (κ2) is 21.9. The monoisotopic (exact) mass is 1100 g/mol. The van der Waals surface area contributed by atoms with Gasteiger partial charge in [-0.1, -0.05) is 104 Å². The fourth-order valence-corrected chi connectivity index (χ4v) is 17.0. The van der Waals surface area contributed by atoms with Crippen molar-refractivity contribution in [2.45, 2.75) is 181 Å². The third-order valence-electron chi connectivity index (χ3n) is 19.3. The van der Waals surface area contributed by atoms with E-state index in [4.69, 9.17) is 0 Å². The minimum atomic E-state index is 0. The Bertz CT molecular complexity index is 2310. The van der Waals surface area contributed by atoms with Crippen LogP contribution in [0.3, 0.4) is 0 Å². The predicted molar refractivity (Wildman–Crippen MR) is 307 cm³/mol. The van der Waals surface area contributed by atoms with Gasteiger partial charge in [0, 0.05) is 48.7 Å². The van der Waals surface area contributed by atoms with Crippen LogP contribution >= 0.6 is 24.8 Å². The van der Waals surface area contributed by atoms with E-state index in [1.54, 1.807) is 0 Å². The van der Waals surface area contributed by atoms with E-state index in [0.29, 0.717) is 35.2 Å². The largest absolute Gasteiger partial charge is 2.00 e. The van der Waals surface area contributed by atoms with E-state index in [1.165, 1.54) is 133 Å². The summed E-state index contributed by atoms with van der Waals surface area (Å²) in [5.41, 5.74) is 15.9. The van der Waals surface area contributed by atoms with Crippen molar-refractivity contribution < 1.29 is 36.4 Å². The normalized spacial score (nSPS) is 28.5. The van der Waals surface area contributed by atoms with Crippen LogP contribution in [0.15, 0.2) is 60.7 Å². The first kappa shape index (κ1) is 56.3. The molecule has 2 aliphatic heterocycles. The number of hydrogen-bond acceptors (Lipinski definition) is 6. The molecule has 6 nitrogen and oxygen atoms in total. The maximum absolute atomic E-state index is 11.8. The molecule has 14 rings (SSSR count). The molecule has 394 valence electrons. The first-order valence-corrected chi connectivity index (χ1v) is 28.2. The zero-order valence-electron chi connectivity index (χ0n) is 46.0. The summed E-state index contributed by atoms with van der Waals surface area (Å²) >= 11 is 0. The molecule has 0 atom stereocenters. The minimum absolute atomic E-state index is 0. The number of phenolic OH excluding ortho intramolecular Hbond substituents is 2. The second-order valence-corrected chi connectivity index (χ2v) is 25.9. The van der Waals surface area contributed by atoms with E-state index in [1.807, 2.05) is 0 Å². The van der Waals surface area contributed by atoms with Crippen LogP contribution in [0.1, 0.15) is 201 Å². The number of aryl methyl sites for hydroxylation is 2. The molecular formula is C64H88Cl2N4O2Zr. The number of benzene rings is 4. The van der Waals surface area contributed by atoms with Gasteiger partial charge in [-0.3, -0.25) is 0 Å². The average Bonchev–Trinajstić information content (AvgIpc) is 4.00. The number of halogens is 2. The number of phenols is 2. The van der Waals surface area contributed by atoms with Crippen molar-refractivity contribution in [3.05, 3.63) is 119 Å². The van der Waals surface area contributed by atoms with E-state index < -0.39 is 0 Å². The molecule has 2 N–H and O–H groups in total. The third kappa shape index (κ3) is 10.4. The minimum Gasteiger partial charge on any atom is -0.506 e. The maximum Gasteiger partial charge on any atom is 2.00 e. The van der Waals surface area contributed by atoms with E-state index in [-0.39, 0.29) is 61.8 Å². The van der Waals surface area contributed by atoms with Crippen molar-refractivity contribution in [2.24, 2.45) is 35.5 Å². The topological polar surface area (TPSA) is 53.4 Å². The first-order chi connectivity index (χ1) is 33.5. The Hall–Kier alpha value is -2.86. The maximum atomic E-state index is 11.8. The van der Waals surface area contributed by atoms with Crippen LogP contribution < -0.4 is 19.6 Å². The Morgan fingerprint density at radius 1 is 0.438 bits per heavy atom. The molecule has 0 amide bonds. The number of para-hydroxylation sites is 2. The Labute approximate surface area is 472 Å². The van der Waals surface area contributed by atoms with Gasteiger partial charge in [0.15, 0.2) is 0 Å². The smallest absolute Gasteiger partial charge is 0.506 e. The summed E-state index contributed by atoms with van der Waals surface area (Å²) in [4.78, 5) is 9.51. The molecule has 8 aliphatic carbocycles. The predicted octanol–water partition coefficient (Wildman–Crippen LogP) is 16.6. The standard InChI is InChI=1S/2C32H43N2O.2ClH.Zr/c2*1-20(2)26-7-6-8-27(21(3)4)30(26)34-10-9-33(19-34)29-12-22(5)11-28(31(29)35)32-16-23-13-24(17-32)15-25(14-23)18-32;;;/h2*6-8,11-12,19-21,23-25,35H,9-10,13-18H2,1-5H3;2*1H;/q2*-1;;;+2. The molecular weight excluding hydrogens is 1020 g/mol. The molecule has 0 spiro atoms. The second-order valence-electron chi connectivity index (χ2n) is 25.9. The summed E-state index contributed by atoms with van der Waals surface area (Å²) in [6.07, 6.45) is 16.3. The molecule has 8 bridgehead atoms. The van der Waals surface area contributed by atoms with Crippen LogP contribution in [0.5, 0.6) is 11.5 Å². The average molecular weight is 1110 g/mol. The van der Waals surface area contributed by atoms with Gasteiger partial charge in [0.1, 0.15) is 11.5 Å². The molecule has 73 heavy (non-hydrogen) atoms. The zero-order valence-corrected chi connectivity index (χ0v) is 50.1. The number of hydrogen-bond donors (Lipinski definition) is 2. The van der Waals surface area contributed by atoms with Crippen LogP contribution in [0.2, 0.25) is 0 Å². The van der Waals surface area contributed by atoms with Gasteiger partial charge in [-0.15, -0.1) is 24.8 Å². The van der Waals surface area contributed by atoms with Crippen LogP contribution in [0.25, 0.3) is 0 Å². The molecule has 4 aromatic rings. The summed E-state index contributed by atoms with van der Waals surface area (Å²) in [6.45, 7) is 31.0. The molecule has 0 radical (unpaired) electrons. The van der Waals surface area contributed by atoms with Gasteiger partial charge < -0.3 is 29.8 Å². The van der Waals surface area contributed by atoms with Crippen LogP contribution in [0.4, 0.5) is 22.7 Å². The van der Waals surface area contributed by atoms with E-state index >= 15 is 0 Å². The quantitative estimate of drug-likeness (QED) is 0.154. The number of nitrogens with zero attached hydrogens (tertiary/aromatic N) is 4. The van der Waals surface area contributed by atoms with Crippen molar-refractivity contribution in [2.75, 3.05) is 45.8 Å². The van der Waals surface area contributed by atoms with Crippen molar-refractivity contribution in [1.82, 2.24) is 0 Å². The van der Waals surface area contributed by atoms with Gasteiger partial charge in [-0.2, -0.15) is 13.3 Å². The third-order valence-corrected chi connectivity index (χ3v) is 19.3. The van der Waals surface area contributed by atoms with Gasteiger partial charge in [0.2, 0.25) is 0 Å². The van der Waals surface area contributed by atoms with E-state index in [9.17, 15) is 10.2 Å². The van der Waals surface area contributed by atoms with Crippen molar-refractivity contribution in [3.8, 4) is 11.5 Å². The fourth-order valence-electron chi connectivity index (χ4n) is 17.0. The van der Waals surface area contributed by atoms with Crippen LogP contribution in [0, 0.1) is 62.7 Å². The summed E-state index contributed by atoms with van der Waals surface area (Å²) < 4.78 is 0. The van der Waals surface area contributed by atoms with Gasteiger partial charge >= 0.3 is 26.2 Å². The van der Waals surface area contributed by atoms with Crippen molar-refractivity contribution in [3.63, 3.8) is 0 Å². The fraction of sp³-hybridized carbons (Fsp3) is 0.594. The Kier molecular flexibility index (Phi) is 16.9. The molecule has 10 aliphatic rings. The SMILES string of the molecule is Cc1cc(N2[CH-]N(c3c(C(C)C)cccc3C(C)C)CC2)c(O)c(C23CC4CC(CC(C4)C2)C3)c1.Cc1cc(N2[CH-]N(c3c(C(C)C)cccc3C(C)C)CC2)c(O)c(C23CC4CC(CC(C4)C2)C3)c1.Cl.Cl.[Zr+2]. The first-order valence-electron chi connectivity index (χ1n) is 28.2. The number of anilines is 4. The van der Waals surface area contributed by atoms with Gasteiger partial charge in [-0.25, -0.2) is 0 Å². The summed E-state index contributed by atoms with van der Waals surface area (Å²) in [7, 11) is 0. The van der Waals surface area contributed by atoms with Crippen molar-refractivity contribution >= 4 is 47.6 Å². The van der Waals surface area contributed by atoms with Gasteiger partial charge in [-0.05, 0) is 206 Å². The van der Waals surface area contributed by atoms with E-state index in [0.717, 1.165) is 73.1 Å². The molecule has 9 heteroatoms. The molecule has 2 saturated heterocycles. The molecule has 4 aromatic carbocycles. The van der Waals surface area contributed by atoms with Crippen molar-refractivity contribution in [1.29, 1.82) is 0 Å². The van der Waals surface area contributed by atoms with Crippen LogP contribution in [-0.4, -0.2) is 36.4 Å². The van der Waals surface area contributed by atoms with Gasteiger partial charge in [0.05, 0.1) is 11.4 Å². The molecule has 10 fully saturated rings. The Balaban J connectivity index is 0.000000187. The van der Waals surface area contributed by atoms with E-state index in [2.05, 4.69) is 163 Å². The molecule has 0 unspecified atom stereocenters. The Morgan fingerprint density at radius 2 is 0.699 bits per heavy atom. The Morgan fingerprint density at radius 3 is 0.959 bits per heavy atom.